The quantitative estimate of drug-likeness (QED) is 0.427. The average molecular weight is 325 g/mol. The van der Waals surface area contributed by atoms with Crippen LogP contribution in [0.1, 0.15) is 5.76 Å². The minimum atomic E-state index is -0.489. The lowest BCUT2D eigenvalue weighted by atomic mass is 10.2. The van der Waals surface area contributed by atoms with E-state index in [1.54, 1.807) is 42.5 Å². The molecule has 0 unspecified atom stereocenters. The molecule has 1 aromatic heterocycles. The van der Waals surface area contributed by atoms with Crippen LogP contribution in [0.2, 0.25) is 0 Å². The van der Waals surface area contributed by atoms with Gasteiger partial charge in [-0.3, -0.25) is 15.5 Å². The van der Waals surface area contributed by atoms with Gasteiger partial charge in [0.1, 0.15) is 23.0 Å². The Kier molecular flexibility index (Phi) is 4.33. The molecule has 0 radical (unpaired) electrons. The van der Waals surface area contributed by atoms with Crippen molar-refractivity contribution in [1.29, 1.82) is 0 Å². The molecule has 0 amide bonds. The maximum atomic E-state index is 12.9. The molecule has 24 heavy (non-hydrogen) atoms. The van der Waals surface area contributed by atoms with Gasteiger partial charge in [-0.1, -0.05) is 12.1 Å². The van der Waals surface area contributed by atoms with E-state index in [1.165, 1.54) is 24.4 Å². The third-order valence-electron chi connectivity index (χ3n) is 3.23. The van der Waals surface area contributed by atoms with Gasteiger partial charge in [-0.2, -0.15) is 5.10 Å². The van der Waals surface area contributed by atoms with Crippen LogP contribution in [0.3, 0.4) is 0 Å². The zero-order valence-corrected chi connectivity index (χ0v) is 12.3. The van der Waals surface area contributed by atoms with Crippen LogP contribution in [0.25, 0.3) is 11.3 Å². The largest absolute Gasteiger partial charge is 0.455 e. The van der Waals surface area contributed by atoms with E-state index in [4.69, 9.17) is 4.42 Å². The number of anilines is 1. The van der Waals surface area contributed by atoms with Gasteiger partial charge in [0.15, 0.2) is 0 Å². The summed E-state index contributed by atoms with van der Waals surface area (Å²) in [5.74, 6) is 0.711. The number of hydrazone groups is 1. The van der Waals surface area contributed by atoms with E-state index < -0.39 is 4.92 Å². The molecule has 120 valence electrons. The van der Waals surface area contributed by atoms with Gasteiger partial charge < -0.3 is 4.42 Å². The smallest absolute Gasteiger partial charge is 0.294 e. The Balaban J connectivity index is 1.72. The van der Waals surface area contributed by atoms with E-state index in [-0.39, 0.29) is 17.2 Å². The minimum Gasteiger partial charge on any atom is -0.455 e. The van der Waals surface area contributed by atoms with E-state index in [0.29, 0.717) is 11.5 Å². The van der Waals surface area contributed by atoms with Crippen LogP contribution < -0.4 is 5.43 Å². The van der Waals surface area contributed by atoms with E-state index in [2.05, 4.69) is 10.5 Å². The molecule has 7 heteroatoms. The molecule has 3 aromatic rings. The van der Waals surface area contributed by atoms with Crippen molar-refractivity contribution in [2.75, 3.05) is 5.43 Å². The number of nitrogens with zero attached hydrogens (tertiary/aromatic N) is 2. The highest BCUT2D eigenvalue weighted by molar-refractivity contribution is 5.78. The van der Waals surface area contributed by atoms with Crippen LogP contribution in [0.4, 0.5) is 15.8 Å². The molecule has 0 bridgehead atoms. The van der Waals surface area contributed by atoms with Crippen LogP contribution in [-0.2, 0) is 0 Å². The Morgan fingerprint density at radius 3 is 2.58 bits per heavy atom. The van der Waals surface area contributed by atoms with Gasteiger partial charge in [0, 0.05) is 11.6 Å². The summed E-state index contributed by atoms with van der Waals surface area (Å²) in [5.41, 5.74) is 3.57. The van der Waals surface area contributed by atoms with Crippen LogP contribution in [0, 0.1) is 15.9 Å². The number of hydrogen-bond donors (Lipinski definition) is 1. The summed E-state index contributed by atoms with van der Waals surface area (Å²) in [6.07, 6.45) is 1.41. The number of furan rings is 1. The fraction of sp³-hybridized carbons (Fsp3) is 0. The van der Waals surface area contributed by atoms with Crippen molar-refractivity contribution in [2.24, 2.45) is 5.10 Å². The van der Waals surface area contributed by atoms with Gasteiger partial charge in [0.05, 0.1) is 11.1 Å². The first-order valence-electron chi connectivity index (χ1n) is 7.02. The Hall–Kier alpha value is -3.48. The van der Waals surface area contributed by atoms with Gasteiger partial charge in [-0.05, 0) is 42.5 Å². The molecular weight excluding hydrogens is 313 g/mol. The fourth-order valence-corrected chi connectivity index (χ4v) is 2.08. The number of para-hydroxylation sites is 2. The number of halogens is 1. The number of nitro groups is 1. The topological polar surface area (TPSA) is 80.7 Å². The Bertz CT molecular complexity index is 888. The molecule has 0 aliphatic carbocycles. The van der Waals surface area contributed by atoms with Crippen molar-refractivity contribution < 1.29 is 13.7 Å². The lowest BCUT2D eigenvalue weighted by Crippen LogP contribution is -1.96. The second kappa shape index (κ2) is 6.74. The molecule has 2 aromatic carbocycles. The molecule has 1 N–H and O–H groups in total. The zero-order chi connectivity index (χ0) is 16.9. The predicted molar refractivity (Wildman–Crippen MR) is 88.4 cm³/mol. The van der Waals surface area contributed by atoms with Crippen molar-refractivity contribution in [3.8, 4) is 11.3 Å². The molecule has 6 nitrogen and oxygen atoms in total. The predicted octanol–water partition coefficient (Wildman–Crippen LogP) is 4.44. The van der Waals surface area contributed by atoms with Crippen LogP contribution in [-0.4, -0.2) is 11.1 Å². The fourth-order valence-electron chi connectivity index (χ4n) is 2.08. The maximum absolute atomic E-state index is 12.9. The molecule has 1 heterocycles. The van der Waals surface area contributed by atoms with Gasteiger partial charge in [-0.25, -0.2) is 4.39 Å². The number of hydrogen-bond acceptors (Lipinski definition) is 5. The van der Waals surface area contributed by atoms with Crippen molar-refractivity contribution in [3.63, 3.8) is 0 Å². The average Bonchev–Trinajstić information content (AvgIpc) is 3.05. The highest BCUT2D eigenvalue weighted by atomic mass is 19.1. The monoisotopic (exact) mass is 325 g/mol. The third-order valence-corrected chi connectivity index (χ3v) is 3.23. The van der Waals surface area contributed by atoms with Crippen LogP contribution in [0.5, 0.6) is 0 Å². The number of nitro benzene ring substituents is 1. The number of nitrogens with one attached hydrogen (secondary N) is 1. The number of rotatable bonds is 5. The second-order valence-electron chi connectivity index (χ2n) is 4.85. The molecule has 0 saturated carbocycles. The van der Waals surface area contributed by atoms with Crippen molar-refractivity contribution in [3.05, 3.63) is 82.4 Å². The summed E-state index contributed by atoms with van der Waals surface area (Å²) in [5, 5.41) is 14.9. The lowest BCUT2D eigenvalue weighted by molar-refractivity contribution is -0.384. The highest BCUT2D eigenvalue weighted by Gasteiger charge is 2.11. The van der Waals surface area contributed by atoms with Crippen molar-refractivity contribution in [1.82, 2.24) is 0 Å². The third kappa shape index (κ3) is 3.46. The van der Waals surface area contributed by atoms with Gasteiger partial charge in [0.2, 0.25) is 0 Å². The summed E-state index contributed by atoms with van der Waals surface area (Å²) >= 11 is 0. The zero-order valence-electron chi connectivity index (χ0n) is 12.3. The normalized spacial score (nSPS) is 10.9. The highest BCUT2D eigenvalue weighted by Crippen LogP contribution is 2.24. The summed E-state index contributed by atoms with van der Waals surface area (Å²) in [7, 11) is 0. The maximum Gasteiger partial charge on any atom is 0.294 e. The van der Waals surface area contributed by atoms with E-state index >= 15 is 0 Å². The van der Waals surface area contributed by atoms with E-state index in [9.17, 15) is 14.5 Å². The number of benzene rings is 2. The molecule has 0 fully saturated rings. The van der Waals surface area contributed by atoms with Crippen molar-refractivity contribution in [2.45, 2.75) is 0 Å². The van der Waals surface area contributed by atoms with E-state index in [1.807, 2.05) is 0 Å². The summed E-state index contributed by atoms with van der Waals surface area (Å²) in [6.45, 7) is 0. The molecule has 0 aliphatic rings. The van der Waals surface area contributed by atoms with Crippen molar-refractivity contribution >= 4 is 17.6 Å². The first-order chi connectivity index (χ1) is 11.6. The Labute approximate surface area is 136 Å². The molecule has 0 saturated heterocycles. The first-order valence-corrected chi connectivity index (χ1v) is 7.02. The molecule has 0 aliphatic heterocycles. The lowest BCUT2D eigenvalue weighted by Gasteiger charge is -2.00. The molecule has 0 spiro atoms. The van der Waals surface area contributed by atoms with Gasteiger partial charge in [0.25, 0.3) is 5.69 Å². The van der Waals surface area contributed by atoms with Gasteiger partial charge >= 0.3 is 0 Å². The first kappa shape index (κ1) is 15.4. The summed E-state index contributed by atoms with van der Waals surface area (Å²) in [6, 6.07) is 15.5. The van der Waals surface area contributed by atoms with Crippen LogP contribution in [0.15, 0.2) is 70.2 Å². The Morgan fingerprint density at radius 1 is 1.08 bits per heavy atom. The Morgan fingerprint density at radius 2 is 1.83 bits per heavy atom. The summed E-state index contributed by atoms with van der Waals surface area (Å²) < 4.78 is 18.5. The molecular formula is C17H12FN3O3. The second-order valence-corrected chi connectivity index (χ2v) is 4.85. The van der Waals surface area contributed by atoms with E-state index in [0.717, 1.165) is 5.56 Å². The van der Waals surface area contributed by atoms with Crippen LogP contribution >= 0.6 is 0 Å². The summed E-state index contributed by atoms with van der Waals surface area (Å²) in [4.78, 5) is 10.4. The molecule has 0 atom stereocenters. The standard InChI is InChI=1S/C17H12FN3O3/c18-13-7-5-12(6-8-13)17-10-9-14(24-17)11-19-20-15-3-1-2-4-16(15)21(22)23/h1-11,20H/b19-11-. The minimum absolute atomic E-state index is 0.0684. The SMILES string of the molecule is O=[N+]([O-])c1ccccc1N/N=C\c1ccc(-c2ccc(F)cc2)o1. The molecule has 3 rings (SSSR count). The van der Waals surface area contributed by atoms with Gasteiger partial charge in [-0.15, -0.1) is 0 Å².